The maximum Gasteiger partial charge on any atom is 0.343 e. The van der Waals surface area contributed by atoms with Crippen LogP contribution in [-0.2, 0) is 34.4 Å². The largest absolute Gasteiger partial charge is 0.465 e. The minimum Gasteiger partial charge on any atom is -0.465 e. The molecule has 20 nitrogen and oxygen atoms in total. The van der Waals surface area contributed by atoms with E-state index in [0.29, 0.717) is 11.4 Å². The van der Waals surface area contributed by atoms with E-state index in [4.69, 9.17) is 31.1 Å². The van der Waals surface area contributed by atoms with E-state index < -0.39 is 22.8 Å². The number of nitrogens with two attached hydrogens (primary N) is 2. The van der Waals surface area contributed by atoms with Gasteiger partial charge in [-0.15, -0.1) is 20.5 Å². The van der Waals surface area contributed by atoms with Crippen LogP contribution in [0.5, 0.6) is 0 Å². The average Bonchev–Trinajstić information content (AvgIpc) is 3.81. The van der Waals surface area contributed by atoms with E-state index in [1.807, 2.05) is 41.5 Å². The molecule has 0 radical (unpaired) electrons. The SMILES string of the molecule is COC(=O)c1cnn(C)c1N=Nc1c(C(C)(C)C)nn(-c2cc(-n3nc(C(C)(C)C)c(N=Nc4c(C(=O)OC)cnn4C)c3N)ncn2)c1N. The summed E-state index contributed by atoms with van der Waals surface area (Å²) in [5.41, 5.74) is 14.1. The summed E-state index contributed by atoms with van der Waals surface area (Å²) in [5.74, 6) is -0.0566. The summed E-state index contributed by atoms with van der Waals surface area (Å²) in [6.45, 7) is 11.7. The summed E-state index contributed by atoms with van der Waals surface area (Å²) in [5, 5.41) is 35.1. The highest BCUT2D eigenvalue weighted by Crippen LogP contribution is 2.40. The number of nitrogens with zero attached hydrogens (tertiary/aromatic N) is 14. The summed E-state index contributed by atoms with van der Waals surface area (Å²) < 4.78 is 15.3. The number of aryl methyl sites for hydroxylation is 2. The lowest BCUT2D eigenvalue weighted by Crippen LogP contribution is -2.14. The molecule has 5 aromatic rings. The van der Waals surface area contributed by atoms with Crippen LogP contribution in [0.3, 0.4) is 0 Å². The van der Waals surface area contributed by atoms with E-state index in [9.17, 15) is 9.59 Å². The molecule has 0 amide bonds. The molecule has 0 spiro atoms. The van der Waals surface area contributed by atoms with Gasteiger partial charge in [0.2, 0.25) is 0 Å². The minimum atomic E-state index is -0.611. The van der Waals surface area contributed by atoms with Crippen molar-refractivity contribution in [3.8, 4) is 11.6 Å². The molecule has 0 saturated carbocycles. The Kier molecular flexibility index (Phi) is 9.05. The summed E-state index contributed by atoms with van der Waals surface area (Å²) in [4.78, 5) is 33.4. The molecule has 0 aromatic carbocycles. The molecule has 5 heterocycles. The van der Waals surface area contributed by atoms with Gasteiger partial charge >= 0.3 is 11.9 Å². The number of hydrogen-bond donors (Lipinski definition) is 2. The average molecular weight is 687 g/mol. The van der Waals surface area contributed by atoms with Crippen LogP contribution in [-0.4, -0.2) is 75.2 Å². The Morgan fingerprint density at radius 1 is 0.680 bits per heavy atom. The van der Waals surface area contributed by atoms with Crippen molar-refractivity contribution in [2.75, 3.05) is 25.7 Å². The summed E-state index contributed by atoms with van der Waals surface area (Å²) in [7, 11) is 5.78. The molecule has 5 aromatic heterocycles. The lowest BCUT2D eigenvalue weighted by atomic mass is 9.91. The Labute approximate surface area is 286 Å². The quantitative estimate of drug-likeness (QED) is 0.169. The Morgan fingerprint density at radius 3 is 1.40 bits per heavy atom. The minimum absolute atomic E-state index is 0.126. The third kappa shape index (κ3) is 6.41. The van der Waals surface area contributed by atoms with Crippen LogP contribution in [0.2, 0.25) is 0 Å². The van der Waals surface area contributed by atoms with Crippen molar-refractivity contribution in [3.05, 3.63) is 47.3 Å². The molecule has 0 saturated heterocycles. The highest BCUT2D eigenvalue weighted by molar-refractivity contribution is 5.94. The van der Waals surface area contributed by atoms with Crippen LogP contribution in [0, 0.1) is 0 Å². The molecule has 20 heteroatoms. The maximum absolute atomic E-state index is 12.3. The zero-order valence-corrected chi connectivity index (χ0v) is 29.4. The van der Waals surface area contributed by atoms with E-state index in [-0.39, 0.29) is 57.4 Å². The molecule has 0 bridgehead atoms. The van der Waals surface area contributed by atoms with Crippen molar-refractivity contribution in [1.29, 1.82) is 0 Å². The second-order valence-electron chi connectivity index (χ2n) is 13.1. The van der Waals surface area contributed by atoms with Crippen LogP contribution >= 0.6 is 0 Å². The number of hydrogen-bond acceptors (Lipinski definition) is 16. The molecule has 0 aliphatic carbocycles. The number of azo groups is 2. The fourth-order valence-corrected chi connectivity index (χ4v) is 4.77. The molecule has 0 aliphatic heterocycles. The van der Waals surface area contributed by atoms with Gasteiger partial charge in [0.1, 0.15) is 17.5 Å². The topological polar surface area (TPSA) is 251 Å². The molecule has 4 N–H and O–H groups in total. The fourth-order valence-electron chi connectivity index (χ4n) is 4.77. The van der Waals surface area contributed by atoms with Crippen LogP contribution < -0.4 is 11.5 Å². The summed E-state index contributed by atoms with van der Waals surface area (Å²) in [6, 6.07) is 1.60. The van der Waals surface area contributed by atoms with E-state index >= 15 is 0 Å². The second-order valence-corrected chi connectivity index (χ2v) is 13.1. The first-order valence-corrected chi connectivity index (χ1v) is 15.1. The predicted molar refractivity (Wildman–Crippen MR) is 180 cm³/mol. The zero-order valence-electron chi connectivity index (χ0n) is 29.4. The van der Waals surface area contributed by atoms with E-state index in [0.717, 1.165) is 0 Å². The lowest BCUT2D eigenvalue weighted by Gasteiger charge is -2.15. The monoisotopic (exact) mass is 686 g/mol. The zero-order chi connectivity index (χ0) is 36.7. The Morgan fingerprint density at radius 2 is 1.06 bits per heavy atom. The van der Waals surface area contributed by atoms with Crippen molar-refractivity contribution in [2.24, 2.45) is 34.6 Å². The van der Waals surface area contributed by atoms with E-state index in [1.165, 1.54) is 51.7 Å². The van der Waals surface area contributed by atoms with E-state index in [1.54, 1.807) is 20.2 Å². The summed E-state index contributed by atoms with van der Waals surface area (Å²) in [6.07, 6.45) is 4.01. The third-order valence-electron chi connectivity index (χ3n) is 7.40. The number of carbonyl (C=O) groups excluding carboxylic acids is 2. The van der Waals surface area contributed by atoms with Crippen molar-refractivity contribution >= 4 is 46.6 Å². The first-order valence-electron chi connectivity index (χ1n) is 15.1. The Hall–Kier alpha value is -6.34. The number of anilines is 2. The van der Waals surface area contributed by atoms with Crippen molar-refractivity contribution in [1.82, 2.24) is 49.1 Å². The fraction of sp³-hybridized carbons (Fsp3) is 0.400. The van der Waals surface area contributed by atoms with E-state index in [2.05, 4.69) is 40.6 Å². The highest BCUT2D eigenvalue weighted by atomic mass is 16.5. The van der Waals surface area contributed by atoms with Gasteiger partial charge in [0.25, 0.3) is 0 Å². The van der Waals surface area contributed by atoms with Gasteiger partial charge in [-0.2, -0.15) is 29.8 Å². The smallest absolute Gasteiger partial charge is 0.343 e. The molecular weight excluding hydrogens is 648 g/mol. The van der Waals surface area contributed by atoms with Crippen molar-refractivity contribution < 1.29 is 19.1 Å². The molecular formula is C30H38N16O4. The van der Waals surface area contributed by atoms with Crippen molar-refractivity contribution in [3.63, 3.8) is 0 Å². The molecule has 5 rings (SSSR count). The Bertz CT molecular complexity index is 2010. The van der Waals surface area contributed by atoms with Crippen LogP contribution in [0.4, 0.5) is 34.6 Å². The number of ether oxygens (including phenoxy) is 2. The lowest BCUT2D eigenvalue weighted by molar-refractivity contribution is 0.0592. The van der Waals surface area contributed by atoms with Gasteiger partial charge in [-0.1, -0.05) is 41.5 Å². The van der Waals surface area contributed by atoms with Crippen LogP contribution in [0.1, 0.15) is 73.6 Å². The van der Waals surface area contributed by atoms with Gasteiger partial charge in [0.05, 0.1) is 38.0 Å². The van der Waals surface area contributed by atoms with Gasteiger partial charge < -0.3 is 20.9 Å². The van der Waals surface area contributed by atoms with Gasteiger partial charge in [0, 0.05) is 31.0 Å². The maximum atomic E-state index is 12.3. The second kappa shape index (κ2) is 12.9. The summed E-state index contributed by atoms with van der Waals surface area (Å²) >= 11 is 0. The molecule has 50 heavy (non-hydrogen) atoms. The molecule has 0 unspecified atom stereocenters. The van der Waals surface area contributed by atoms with Gasteiger partial charge in [0.15, 0.2) is 46.3 Å². The van der Waals surface area contributed by atoms with Crippen LogP contribution in [0.15, 0.2) is 45.2 Å². The normalized spacial score (nSPS) is 12.4. The standard InChI is InChI=1S/C30H38N16O4/c1-29(2,3)21-19(37-39-25-15(27(47)49-9)12-35-43(25)7)23(31)45(41-21)17-11-18(34-14-33-17)46-24(32)20(22(42-46)30(4,5)6)38-40-26-16(28(48)50-10)13-36-44(26)8/h11-14H,31-32H2,1-10H3. The number of rotatable bonds is 8. The highest BCUT2D eigenvalue weighted by Gasteiger charge is 2.30. The number of aromatic nitrogens is 10. The number of esters is 2. The predicted octanol–water partition coefficient (Wildman–Crippen LogP) is 4.48. The molecule has 0 aliphatic rings. The van der Waals surface area contributed by atoms with Gasteiger partial charge in [-0.05, 0) is 0 Å². The third-order valence-corrected chi connectivity index (χ3v) is 7.40. The van der Waals surface area contributed by atoms with Gasteiger partial charge in [-0.3, -0.25) is 0 Å². The number of methoxy groups -OCH3 is 2. The van der Waals surface area contributed by atoms with Gasteiger partial charge in [-0.25, -0.2) is 28.9 Å². The number of carbonyl (C=O) groups is 2. The van der Waals surface area contributed by atoms with Crippen LogP contribution in [0.25, 0.3) is 11.6 Å². The first kappa shape index (κ1) is 35.0. The molecule has 0 atom stereocenters. The van der Waals surface area contributed by atoms with Crippen molar-refractivity contribution in [2.45, 2.75) is 52.4 Å². The molecule has 262 valence electrons. The number of nitrogen functional groups attached to an aromatic ring is 2. The Balaban J connectivity index is 1.60. The first-order chi connectivity index (χ1) is 23.5. The molecule has 0 fully saturated rings.